The average molecular weight is 385 g/mol. The molecule has 3 heterocycles. The van der Waals surface area contributed by atoms with Gasteiger partial charge in [-0.2, -0.15) is 0 Å². The third kappa shape index (κ3) is 2.50. The summed E-state index contributed by atoms with van der Waals surface area (Å²) in [5.74, 6) is 0.579. The number of hydrogen-bond donors (Lipinski definition) is 0. The van der Waals surface area contributed by atoms with Gasteiger partial charge in [0.25, 0.3) is 0 Å². The minimum atomic E-state index is 0.174. The number of hydrogen-bond acceptors (Lipinski definition) is 4. The molecule has 4 rings (SSSR count). The number of ether oxygens (including phenoxy) is 3. The first kappa shape index (κ1) is 14.7. The van der Waals surface area contributed by atoms with Crippen molar-refractivity contribution >= 4 is 38.4 Å². The molecule has 6 heteroatoms. The average Bonchev–Trinajstić information content (AvgIpc) is 3.21. The van der Waals surface area contributed by atoms with Gasteiger partial charge in [-0.05, 0) is 46.0 Å². The summed E-state index contributed by atoms with van der Waals surface area (Å²) in [6, 6.07) is 3.90. The summed E-state index contributed by atoms with van der Waals surface area (Å²) in [6.45, 7) is 2.54. The molecule has 0 unspecified atom stereocenters. The molecule has 0 saturated carbocycles. The molecule has 0 N–H and O–H groups in total. The third-order valence-corrected chi connectivity index (χ3v) is 5.63. The van der Waals surface area contributed by atoms with Gasteiger partial charge in [-0.15, -0.1) is 0 Å². The molecule has 1 fully saturated rings. The van der Waals surface area contributed by atoms with Gasteiger partial charge in [0.2, 0.25) is 5.88 Å². The van der Waals surface area contributed by atoms with Crippen LogP contribution in [-0.4, -0.2) is 24.3 Å². The highest BCUT2D eigenvalue weighted by Gasteiger charge is 2.23. The summed E-state index contributed by atoms with van der Waals surface area (Å²) in [4.78, 5) is 4.58. The Labute approximate surface area is 141 Å². The summed E-state index contributed by atoms with van der Waals surface area (Å²) in [7, 11) is 0. The molecule has 1 aromatic carbocycles. The number of nitrogens with zero attached hydrogens (tertiary/aromatic N) is 1. The van der Waals surface area contributed by atoms with Crippen molar-refractivity contribution in [2.24, 2.45) is 0 Å². The van der Waals surface area contributed by atoms with E-state index >= 15 is 0 Å². The molecule has 4 nitrogen and oxygen atoms in total. The SMILES string of the molecule is Clc1c(Br)c2c(c3ccc(OC[C@H]4CCCO4)nc13)COC2. The summed E-state index contributed by atoms with van der Waals surface area (Å²) in [6.07, 6.45) is 2.32. The molecule has 1 atom stereocenters. The van der Waals surface area contributed by atoms with E-state index in [1.165, 1.54) is 0 Å². The van der Waals surface area contributed by atoms with Crippen LogP contribution in [0.15, 0.2) is 16.6 Å². The quantitative estimate of drug-likeness (QED) is 0.794. The third-order valence-electron chi connectivity index (χ3n) is 4.16. The second-order valence-corrected chi connectivity index (χ2v) is 6.74. The van der Waals surface area contributed by atoms with Gasteiger partial charge < -0.3 is 14.2 Å². The molecular weight excluding hydrogens is 370 g/mol. The maximum Gasteiger partial charge on any atom is 0.213 e. The van der Waals surface area contributed by atoms with Gasteiger partial charge in [0.1, 0.15) is 6.61 Å². The van der Waals surface area contributed by atoms with Gasteiger partial charge in [0.05, 0.1) is 29.9 Å². The normalized spacial score (nSPS) is 20.5. The largest absolute Gasteiger partial charge is 0.475 e. The van der Waals surface area contributed by atoms with Gasteiger partial charge in [-0.1, -0.05) is 11.6 Å². The molecule has 22 heavy (non-hydrogen) atoms. The number of rotatable bonds is 3. The van der Waals surface area contributed by atoms with Crippen LogP contribution >= 0.6 is 27.5 Å². The van der Waals surface area contributed by atoms with E-state index in [1.54, 1.807) is 0 Å². The van der Waals surface area contributed by atoms with Crippen molar-refractivity contribution in [3.63, 3.8) is 0 Å². The summed E-state index contributed by atoms with van der Waals surface area (Å²) in [5.41, 5.74) is 3.03. The molecule has 0 spiro atoms. The van der Waals surface area contributed by atoms with Crippen LogP contribution in [0.3, 0.4) is 0 Å². The Hall–Kier alpha value is -0.880. The predicted octanol–water partition coefficient (Wildman–Crippen LogP) is 4.24. The Morgan fingerprint density at radius 1 is 1.32 bits per heavy atom. The van der Waals surface area contributed by atoms with E-state index in [2.05, 4.69) is 20.9 Å². The number of fused-ring (bicyclic) bond motifs is 3. The number of benzene rings is 1. The first-order valence-electron chi connectivity index (χ1n) is 7.35. The van der Waals surface area contributed by atoms with Crippen LogP contribution in [-0.2, 0) is 22.7 Å². The van der Waals surface area contributed by atoms with Crippen LogP contribution in [0.5, 0.6) is 5.88 Å². The summed E-state index contributed by atoms with van der Waals surface area (Å²) < 4.78 is 17.7. The van der Waals surface area contributed by atoms with Crippen molar-refractivity contribution in [1.29, 1.82) is 0 Å². The smallest absolute Gasteiger partial charge is 0.213 e. The lowest BCUT2D eigenvalue weighted by atomic mass is 10.0. The molecule has 2 aromatic rings. The lowest BCUT2D eigenvalue weighted by molar-refractivity contribution is 0.0664. The fraction of sp³-hybridized carbons (Fsp3) is 0.438. The Balaban J connectivity index is 1.68. The lowest BCUT2D eigenvalue weighted by Crippen LogP contribution is -2.16. The minimum Gasteiger partial charge on any atom is -0.475 e. The van der Waals surface area contributed by atoms with E-state index < -0.39 is 0 Å². The molecule has 2 aliphatic heterocycles. The maximum absolute atomic E-state index is 6.46. The Bertz CT molecular complexity index is 731. The zero-order chi connectivity index (χ0) is 15.1. The molecule has 116 valence electrons. The van der Waals surface area contributed by atoms with E-state index in [1.807, 2.05) is 12.1 Å². The number of aromatic nitrogens is 1. The van der Waals surface area contributed by atoms with Gasteiger partial charge in [0, 0.05) is 22.5 Å². The van der Waals surface area contributed by atoms with Crippen LogP contribution in [0.2, 0.25) is 5.02 Å². The monoisotopic (exact) mass is 383 g/mol. The Morgan fingerprint density at radius 2 is 2.18 bits per heavy atom. The first-order valence-corrected chi connectivity index (χ1v) is 8.52. The highest BCUT2D eigenvalue weighted by Crippen LogP contribution is 2.40. The molecule has 2 aliphatic rings. The fourth-order valence-electron chi connectivity index (χ4n) is 2.99. The Morgan fingerprint density at radius 3 is 3.00 bits per heavy atom. The van der Waals surface area contributed by atoms with E-state index in [9.17, 15) is 0 Å². The minimum absolute atomic E-state index is 0.174. The van der Waals surface area contributed by atoms with Crippen molar-refractivity contribution in [3.05, 3.63) is 32.8 Å². The van der Waals surface area contributed by atoms with Crippen LogP contribution in [0.4, 0.5) is 0 Å². The summed E-state index contributed by atoms with van der Waals surface area (Å²) in [5, 5.41) is 1.65. The standard InChI is InChI=1S/C16H15BrClNO3/c17-14-12-8-20-7-11(12)10-3-4-13(19-16(10)15(14)18)22-6-9-2-1-5-21-9/h3-4,9H,1-2,5-8H2/t9-/m1/s1. The molecule has 0 radical (unpaired) electrons. The van der Waals surface area contributed by atoms with Gasteiger partial charge >= 0.3 is 0 Å². The van der Waals surface area contributed by atoms with Gasteiger partial charge in [0.15, 0.2) is 0 Å². The fourth-order valence-corrected chi connectivity index (χ4v) is 3.79. The van der Waals surface area contributed by atoms with E-state index in [0.717, 1.165) is 46.0 Å². The zero-order valence-corrected chi connectivity index (χ0v) is 14.2. The first-order chi connectivity index (χ1) is 10.7. The van der Waals surface area contributed by atoms with Crippen molar-refractivity contribution in [2.45, 2.75) is 32.2 Å². The van der Waals surface area contributed by atoms with Crippen LogP contribution < -0.4 is 4.74 Å². The molecular formula is C16H15BrClNO3. The highest BCUT2D eigenvalue weighted by molar-refractivity contribution is 9.10. The van der Waals surface area contributed by atoms with E-state index in [0.29, 0.717) is 30.7 Å². The predicted molar refractivity (Wildman–Crippen MR) is 87.4 cm³/mol. The van der Waals surface area contributed by atoms with Gasteiger partial charge in [-0.25, -0.2) is 4.98 Å². The van der Waals surface area contributed by atoms with Crippen molar-refractivity contribution in [3.8, 4) is 5.88 Å². The van der Waals surface area contributed by atoms with Crippen molar-refractivity contribution in [1.82, 2.24) is 4.98 Å². The second-order valence-electron chi connectivity index (χ2n) is 5.57. The maximum atomic E-state index is 6.46. The zero-order valence-electron chi connectivity index (χ0n) is 11.9. The topological polar surface area (TPSA) is 40.6 Å². The van der Waals surface area contributed by atoms with Gasteiger partial charge in [-0.3, -0.25) is 0 Å². The number of pyridine rings is 1. The van der Waals surface area contributed by atoms with Crippen LogP contribution in [0.25, 0.3) is 10.9 Å². The molecule has 0 bridgehead atoms. The highest BCUT2D eigenvalue weighted by atomic mass is 79.9. The van der Waals surface area contributed by atoms with E-state index in [-0.39, 0.29) is 6.10 Å². The summed E-state index contributed by atoms with van der Waals surface area (Å²) >= 11 is 10.0. The second kappa shape index (κ2) is 5.96. The molecule has 0 amide bonds. The number of halogens is 2. The van der Waals surface area contributed by atoms with E-state index in [4.69, 9.17) is 25.8 Å². The van der Waals surface area contributed by atoms with Crippen molar-refractivity contribution < 1.29 is 14.2 Å². The lowest BCUT2D eigenvalue weighted by Gasteiger charge is -2.13. The van der Waals surface area contributed by atoms with Crippen molar-refractivity contribution in [2.75, 3.05) is 13.2 Å². The molecule has 0 aliphatic carbocycles. The van der Waals surface area contributed by atoms with Crippen LogP contribution in [0.1, 0.15) is 24.0 Å². The molecule has 1 saturated heterocycles. The Kier molecular flexibility index (Phi) is 3.98. The molecule has 1 aromatic heterocycles. The van der Waals surface area contributed by atoms with Crippen LogP contribution in [0, 0.1) is 0 Å².